The lowest BCUT2D eigenvalue weighted by atomic mass is 10.3. The number of rotatable bonds is 5. The van der Waals surface area contributed by atoms with Gasteiger partial charge < -0.3 is 5.32 Å². The number of halogens is 2. The van der Waals surface area contributed by atoms with E-state index in [1.165, 1.54) is 12.8 Å². The van der Waals surface area contributed by atoms with Gasteiger partial charge in [-0.25, -0.2) is 4.68 Å². The molecule has 6 heteroatoms. The van der Waals surface area contributed by atoms with Gasteiger partial charge in [0.25, 0.3) is 0 Å². The van der Waals surface area contributed by atoms with Crippen LogP contribution in [0, 0.1) is 5.92 Å². The summed E-state index contributed by atoms with van der Waals surface area (Å²) in [6, 6.07) is 5.29. The fourth-order valence-corrected chi connectivity index (χ4v) is 2.26. The minimum Gasteiger partial charge on any atom is -0.311 e. The van der Waals surface area contributed by atoms with Crippen LogP contribution < -0.4 is 5.32 Å². The van der Waals surface area contributed by atoms with Gasteiger partial charge in [0, 0.05) is 11.6 Å². The maximum atomic E-state index is 6.13. The van der Waals surface area contributed by atoms with Gasteiger partial charge in [-0.15, -0.1) is 5.10 Å². The fourth-order valence-electron chi connectivity index (χ4n) is 1.88. The van der Waals surface area contributed by atoms with Gasteiger partial charge in [0.05, 0.1) is 22.6 Å². The van der Waals surface area contributed by atoms with Crippen molar-refractivity contribution in [2.45, 2.75) is 19.4 Å². The lowest BCUT2D eigenvalue weighted by molar-refractivity contribution is 0.628. The monoisotopic (exact) mass is 296 g/mol. The van der Waals surface area contributed by atoms with E-state index in [0.717, 1.165) is 30.4 Å². The molecule has 1 aliphatic rings. The molecule has 2 aromatic rings. The second-order valence-corrected chi connectivity index (χ2v) is 5.67. The van der Waals surface area contributed by atoms with Gasteiger partial charge in [-0.05, 0) is 43.5 Å². The Labute approximate surface area is 121 Å². The first-order valence-electron chi connectivity index (χ1n) is 6.30. The molecular weight excluding hydrogens is 283 g/mol. The van der Waals surface area contributed by atoms with Crippen LogP contribution in [0.15, 0.2) is 24.4 Å². The van der Waals surface area contributed by atoms with E-state index in [-0.39, 0.29) is 0 Å². The third-order valence-corrected chi connectivity index (χ3v) is 3.69. The summed E-state index contributed by atoms with van der Waals surface area (Å²) in [6.45, 7) is 1.79. The molecule has 0 saturated heterocycles. The van der Waals surface area contributed by atoms with Crippen LogP contribution in [-0.2, 0) is 6.54 Å². The van der Waals surface area contributed by atoms with Crippen LogP contribution in [0.3, 0.4) is 0 Å². The number of nitrogens with one attached hydrogen (secondary N) is 1. The predicted molar refractivity (Wildman–Crippen MR) is 75.8 cm³/mol. The molecular formula is C13H14Cl2N4. The molecule has 1 fully saturated rings. The zero-order chi connectivity index (χ0) is 13.2. The molecule has 0 bridgehead atoms. The van der Waals surface area contributed by atoms with Crippen molar-refractivity contribution in [3.05, 3.63) is 40.1 Å². The maximum Gasteiger partial charge on any atom is 0.0969 e. The summed E-state index contributed by atoms with van der Waals surface area (Å²) >= 11 is 12.1. The van der Waals surface area contributed by atoms with Gasteiger partial charge in [0.2, 0.25) is 0 Å². The Kier molecular flexibility index (Phi) is 3.73. The Hall–Kier alpha value is -1.10. The van der Waals surface area contributed by atoms with E-state index in [1.807, 2.05) is 6.20 Å². The number of nitrogens with zero attached hydrogens (tertiary/aromatic N) is 3. The zero-order valence-corrected chi connectivity index (χ0v) is 11.8. The lowest BCUT2D eigenvalue weighted by Crippen LogP contribution is -2.16. The van der Waals surface area contributed by atoms with Gasteiger partial charge in [0.15, 0.2) is 0 Å². The second kappa shape index (κ2) is 5.49. The van der Waals surface area contributed by atoms with Gasteiger partial charge >= 0.3 is 0 Å². The Balaban J connectivity index is 1.70. The Morgan fingerprint density at radius 1 is 1.32 bits per heavy atom. The lowest BCUT2D eigenvalue weighted by Gasteiger charge is -2.03. The molecule has 4 nitrogen and oxygen atoms in total. The normalized spacial score (nSPS) is 14.8. The number of hydrogen-bond donors (Lipinski definition) is 1. The average molecular weight is 297 g/mol. The highest BCUT2D eigenvalue weighted by Crippen LogP contribution is 2.27. The van der Waals surface area contributed by atoms with Crippen LogP contribution in [0.25, 0.3) is 5.69 Å². The molecule has 0 amide bonds. The first kappa shape index (κ1) is 12.9. The van der Waals surface area contributed by atoms with E-state index in [2.05, 4.69) is 15.6 Å². The van der Waals surface area contributed by atoms with Crippen molar-refractivity contribution in [2.24, 2.45) is 5.92 Å². The van der Waals surface area contributed by atoms with Crippen LogP contribution in [-0.4, -0.2) is 21.5 Å². The molecule has 0 atom stereocenters. The minimum atomic E-state index is 0.604. The molecule has 1 aliphatic carbocycles. The van der Waals surface area contributed by atoms with Crippen molar-refractivity contribution >= 4 is 23.2 Å². The van der Waals surface area contributed by atoms with Gasteiger partial charge in [-0.1, -0.05) is 28.4 Å². The largest absolute Gasteiger partial charge is 0.311 e. The van der Waals surface area contributed by atoms with Crippen LogP contribution >= 0.6 is 23.2 Å². The molecule has 1 N–H and O–H groups in total. The Morgan fingerprint density at radius 3 is 2.95 bits per heavy atom. The minimum absolute atomic E-state index is 0.604. The van der Waals surface area contributed by atoms with Crippen LogP contribution in [0.2, 0.25) is 10.0 Å². The highest BCUT2D eigenvalue weighted by molar-refractivity contribution is 6.34. The molecule has 0 radical (unpaired) electrons. The molecule has 1 aromatic carbocycles. The molecule has 0 aliphatic heterocycles. The highest BCUT2D eigenvalue weighted by Gasteiger charge is 2.20. The van der Waals surface area contributed by atoms with E-state index >= 15 is 0 Å². The van der Waals surface area contributed by atoms with Gasteiger partial charge in [-0.3, -0.25) is 0 Å². The zero-order valence-electron chi connectivity index (χ0n) is 10.3. The van der Waals surface area contributed by atoms with Crippen molar-refractivity contribution in [1.29, 1.82) is 0 Å². The maximum absolute atomic E-state index is 6.13. The standard InChI is InChI=1S/C13H14Cl2N4/c14-10-3-4-12(15)13(5-10)19-8-11(17-18-19)7-16-6-9-1-2-9/h3-5,8-9,16H,1-2,6-7H2. The third kappa shape index (κ3) is 3.26. The topological polar surface area (TPSA) is 42.7 Å². The Bertz CT molecular complexity index is 578. The highest BCUT2D eigenvalue weighted by atomic mass is 35.5. The summed E-state index contributed by atoms with van der Waals surface area (Å²) in [5.41, 5.74) is 1.65. The summed E-state index contributed by atoms with van der Waals surface area (Å²) in [5, 5.41) is 12.8. The summed E-state index contributed by atoms with van der Waals surface area (Å²) in [7, 11) is 0. The molecule has 0 unspecified atom stereocenters. The van der Waals surface area contributed by atoms with Crippen LogP contribution in [0.4, 0.5) is 0 Å². The second-order valence-electron chi connectivity index (χ2n) is 4.82. The van der Waals surface area contributed by atoms with Gasteiger partial charge in [0.1, 0.15) is 0 Å². The molecule has 1 aromatic heterocycles. The first-order chi connectivity index (χ1) is 9.22. The summed E-state index contributed by atoms with van der Waals surface area (Å²) in [6.07, 6.45) is 4.56. The number of aromatic nitrogens is 3. The SMILES string of the molecule is Clc1ccc(Cl)c(-n2cc(CNCC3CC3)nn2)c1. The summed E-state index contributed by atoms with van der Waals surface area (Å²) in [4.78, 5) is 0. The van der Waals surface area contributed by atoms with Crippen molar-refractivity contribution in [2.75, 3.05) is 6.54 Å². The molecule has 1 saturated carbocycles. The van der Waals surface area contributed by atoms with Crippen molar-refractivity contribution < 1.29 is 0 Å². The number of benzene rings is 1. The smallest absolute Gasteiger partial charge is 0.0969 e. The van der Waals surface area contributed by atoms with Crippen molar-refractivity contribution in [3.63, 3.8) is 0 Å². The molecule has 1 heterocycles. The van der Waals surface area contributed by atoms with E-state index < -0.39 is 0 Å². The number of hydrogen-bond acceptors (Lipinski definition) is 3. The van der Waals surface area contributed by atoms with E-state index in [4.69, 9.17) is 23.2 Å². The molecule has 100 valence electrons. The first-order valence-corrected chi connectivity index (χ1v) is 7.05. The quantitative estimate of drug-likeness (QED) is 0.922. The van der Waals surface area contributed by atoms with Gasteiger partial charge in [-0.2, -0.15) is 0 Å². The van der Waals surface area contributed by atoms with Crippen molar-refractivity contribution in [1.82, 2.24) is 20.3 Å². The molecule has 19 heavy (non-hydrogen) atoms. The average Bonchev–Trinajstić information content (AvgIpc) is 3.10. The van der Waals surface area contributed by atoms with Crippen molar-refractivity contribution in [3.8, 4) is 5.69 Å². The van der Waals surface area contributed by atoms with E-state index in [9.17, 15) is 0 Å². The fraction of sp³-hybridized carbons (Fsp3) is 0.385. The van der Waals surface area contributed by atoms with E-state index in [1.54, 1.807) is 22.9 Å². The van der Waals surface area contributed by atoms with Crippen LogP contribution in [0.1, 0.15) is 18.5 Å². The van der Waals surface area contributed by atoms with Crippen LogP contribution in [0.5, 0.6) is 0 Å². The summed E-state index contributed by atoms with van der Waals surface area (Å²) in [5.74, 6) is 0.859. The van der Waals surface area contributed by atoms with E-state index in [0.29, 0.717) is 10.0 Å². The third-order valence-electron chi connectivity index (χ3n) is 3.13. The molecule has 3 rings (SSSR count). The Morgan fingerprint density at radius 2 is 2.16 bits per heavy atom. The summed E-state index contributed by atoms with van der Waals surface area (Å²) < 4.78 is 1.66. The predicted octanol–water partition coefficient (Wildman–Crippen LogP) is 3.07. The molecule has 0 spiro atoms.